The van der Waals surface area contributed by atoms with Gasteiger partial charge in [-0.05, 0) is 49.3 Å². The largest absolute Gasteiger partial charge is 0.382 e. The topological polar surface area (TPSA) is 48.9 Å². The summed E-state index contributed by atoms with van der Waals surface area (Å²) in [5.41, 5.74) is 2.91. The van der Waals surface area contributed by atoms with Crippen molar-refractivity contribution in [2.75, 3.05) is 44.8 Å². The van der Waals surface area contributed by atoms with Gasteiger partial charge in [0.2, 0.25) is 0 Å². The lowest BCUT2D eigenvalue weighted by Gasteiger charge is -2.30. The summed E-state index contributed by atoms with van der Waals surface area (Å²) in [7, 11) is 1.85. The number of benzene rings is 1. The summed E-state index contributed by atoms with van der Waals surface area (Å²) < 4.78 is 5.62. The summed E-state index contributed by atoms with van der Waals surface area (Å²) in [4.78, 5) is 6.78. The van der Waals surface area contributed by atoms with Crippen molar-refractivity contribution in [1.29, 1.82) is 0 Å². The molecule has 1 aromatic rings. The molecule has 1 aromatic carbocycles. The van der Waals surface area contributed by atoms with Crippen molar-refractivity contribution in [3.63, 3.8) is 0 Å². The Morgan fingerprint density at radius 3 is 2.41 bits per heavy atom. The molecule has 6 heteroatoms. The van der Waals surface area contributed by atoms with Crippen LogP contribution in [-0.2, 0) is 11.3 Å². The molecule has 0 amide bonds. The van der Waals surface area contributed by atoms with Gasteiger partial charge < -0.3 is 20.3 Å². The predicted molar refractivity (Wildman–Crippen MR) is 133 cm³/mol. The van der Waals surface area contributed by atoms with Crippen LogP contribution in [0, 0.1) is 5.41 Å². The van der Waals surface area contributed by atoms with Gasteiger partial charge in [0.25, 0.3) is 0 Å². The molecule has 0 unspecified atom stereocenters. The van der Waals surface area contributed by atoms with Gasteiger partial charge in [-0.25, -0.2) is 0 Å². The number of guanidine groups is 1. The van der Waals surface area contributed by atoms with Crippen LogP contribution in [0.15, 0.2) is 41.4 Å². The number of nitrogens with one attached hydrogen (secondary N) is 2. The van der Waals surface area contributed by atoms with E-state index in [-0.39, 0.29) is 24.0 Å². The number of anilines is 1. The average molecular weight is 512 g/mol. The summed E-state index contributed by atoms with van der Waals surface area (Å²) in [5, 5.41) is 7.04. The van der Waals surface area contributed by atoms with Crippen molar-refractivity contribution in [3.05, 3.63) is 42.0 Å². The maximum atomic E-state index is 5.62. The molecule has 2 N–H and O–H groups in total. The number of rotatable bonds is 9. The first kappa shape index (κ1) is 24.0. The standard InChI is InChI=1S/C23H36N4O.HI/c1-3-28-17-14-23(12-4-5-13-23)19-26-22(24-2)25-18-20-8-10-21(11-9-20)27-15-6-7-16-27;/h6-11H,3-5,12-19H2,1-2H3,(H2,24,25,26);1H. The molecule has 0 spiro atoms. The molecule has 0 radical (unpaired) electrons. The van der Waals surface area contributed by atoms with Gasteiger partial charge in [0.1, 0.15) is 0 Å². The highest BCUT2D eigenvalue weighted by molar-refractivity contribution is 14.0. The fourth-order valence-corrected chi connectivity index (χ4v) is 4.26. The van der Waals surface area contributed by atoms with Gasteiger partial charge in [-0.2, -0.15) is 0 Å². The van der Waals surface area contributed by atoms with Crippen LogP contribution in [0.4, 0.5) is 5.69 Å². The van der Waals surface area contributed by atoms with Crippen LogP contribution in [0.2, 0.25) is 0 Å². The van der Waals surface area contributed by atoms with E-state index in [1.165, 1.54) is 36.9 Å². The van der Waals surface area contributed by atoms with E-state index in [4.69, 9.17) is 4.74 Å². The first-order chi connectivity index (χ1) is 13.7. The lowest BCUT2D eigenvalue weighted by atomic mass is 9.83. The molecule has 5 nitrogen and oxygen atoms in total. The number of hydrogen-bond donors (Lipinski definition) is 2. The molecule has 3 rings (SSSR count). The van der Waals surface area contributed by atoms with Gasteiger partial charge in [-0.3, -0.25) is 4.99 Å². The highest BCUT2D eigenvalue weighted by Gasteiger charge is 2.33. The predicted octanol–water partition coefficient (Wildman–Crippen LogP) is 4.33. The molecule has 1 heterocycles. The van der Waals surface area contributed by atoms with Crippen LogP contribution in [0.3, 0.4) is 0 Å². The Balaban J connectivity index is 0.00000300. The van der Waals surface area contributed by atoms with Crippen LogP contribution in [0.1, 0.15) is 44.6 Å². The van der Waals surface area contributed by atoms with Gasteiger partial charge in [0.05, 0.1) is 0 Å². The fourth-order valence-electron chi connectivity index (χ4n) is 4.26. The van der Waals surface area contributed by atoms with Gasteiger partial charge in [-0.1, -0.05) is 37.1 Å². The van der Waals surface area contributed by atoms with Crippen molar-refractivity contribution in [1.82, 2.24) is 10.6 Å². The van der Waals surface area contributed by atoms with Gasteiger partial charge in [0.15, 0.2) is 5.96 Å². The second-order valence-corrected chi connectivity index (χ2v) is 7.98. The Morgan fingerprint density at radius 2 is 1.79 bits per heavy atom. The Morgan fingerprint density at radius 1 is 1.10 bits per heavy atom. The lowest BCUT2D eigenvalue weighted by molar-refractivity contribution is 0.105. The summed E-state index contributed by atoms with van der Waals surface area (Å²) in [6, 6.07) is 8.83. The molecule has 1 fully saturated rings. The van der Waals surface area contributed by atoms with Crippen molar-refractivity contribution in [2.45, 2.75) is 45.6 Å². The zero-order valence-electron chi connectivity index (χ0n) is 18.0. The van der Waals surface area contributed by atoms with Crippen LogP contribution in [-0.4, -0.2) is 45.9 Å². The van der Waals surface area contributed by atoms with E-state index < -0.39 is 0 Å². The molecular weight excluding hydrogens is 475 g/mol. The van der Waals surface area contributed by atoms with Crippen molar-refractivity contribution < 1.29 is 4.74 Å². The van der Waals surface area contributed by atoms with Gasteiger partial charge in [-0.15, -0.1) is 24.0 Å². The number of ether oxygens (including phenoxy) is 1. The van der Waals surface area contributed by atoms with E-state index in [0.717, 1.165) is 51.8 Å². The minimum atomic E-state index is 0. The van der Waals surface area contributed by atoms with Crippen LogP contribution in [0.25, 0.3) is 0 Å². The third kappa shape index (κ3) is 7.17. The summed E-state index contributed by atoms with van der Waals surface area (Å²) in [6.07, 6.45) is 10.8. The quantitative estimate of drug-likeness (QED) is 0.170. The zero-order chi connectivity index (χ0) is 19.7. The molecular formula is C23H37IN4O. The van der Waals surface area contributed by atoms with E-state index in [1.54, 1.807) is 0 Å². The zero-order valence-corrected chi connectivity index (χ0v) is 20.3. The molecule has 0 aromatic heterocycles. The minimum Gasteiger partial charge on any atom is -0.382 e. The van der Waals surface area contributed by atoms with Crippen LogP contribution >= 0.6 is 24.0 Å². The first-order valence-corrected chi connectivity index (χ1v) is 10.8. The van der Waals surface area contributed by atoms with Crippen LogP contribution in [0.5, 0.6) is 0 Å². The molecule has 0 atom stereocenters. The normalized spacial score (nSPS) is 18.0. The van der Waals surface area contributed by atoms with Crippen molar-refractivity contribution in [2.24, 2.45) is 10.4 Å². The number of nitrogens with zero attached hydrogens (tertiary/aromatic N) is 2. The molecule has 1 saturated carbocycles. The van der Waals surface area contributed by atoms with E-state index in [0.29, 0.717) is 5.41 Å². The second-order valence-electron chi connectivity index (χ2n) is 7.98. The van der Waals surface area contributed by atoms with Crippen molar-refractivity contribution in [3.8, 4) is 0 Å². The van der Waals surface area contributed by atoms with Crippen molar-refractivity contribution >= 4 is 35.6 Å². The van der Waals surface area contributed by atoms with Gasteiger partial charge >= 0.3 is 0 Å². The second kappa shape index (κ2) is 12.4. The monoisotopic (exact) mass is 512 g/mol. The first-order valence-electron chi connectivity index (χ1n) is 10.8. The molecule has 0 bridgehead atoms. The Bertz CT molecular complexity index is 645. The van der Waals surface area contributed by atoms with E-state index >= 15 is 0 Å². The third-order valence-electron chi connectivity index (χ3n) is 6.08. The molecule has 162 valence electrons. The average Bonchev–Trinajstić information content (AvgIpc) is 3.42. The summed E-state index contributed by atoms with van der Waals surface area (Å²) >= 11 is 0. The number of hydrogen-bond acceptors (Lipinski definition) is 3. The smallest absolute Gasteiger partial charge is 0.191 e. The highest BCUT2D eigenvalue weighted by atomic mass is 127. The maximum absolute atomic E-state index is 5.62. The molecule has 2 aliphatic rings. The van der Waals surface area contributed by atoms with Crippen LogP contribution < -0.4 is 15.5 Å². The fraction of sp³-hybridized carbons (Fsp3) is 0.609. The molecule has 1 aliphatic carbocycles. The minimum absolute atomic E-state index is 0. The summed E-state index contributed by atoms with van der Waals surface area (Å²) in [5.74, 6) is 0.885. The van der Waals surface area contributed by atoms with E-state index in [1.807, 2.05) is 7.05 Å². The number of aliphatic imine (C=N–C) groups is 1. The van der Waals surface area contributed by atoms with Gasteiger partial charge in [0, 0.05) is 52.1 Å². The van der Waals surface area contributed by atoms with E-state index in [2.05, 4.69) is 63.9 Å². The molecule has 29 heavy (non-hydrogen) atoms. The summed E-state index contributed by atoms with van der Waals surface area (Å²) in [6.45, 7) is 7.52. The molecule has 0 saturated heterocycles. The maximum Gasteiger partial charge on any atom is 0.191 e. The Kier molecular flexibility index (Phi) is 10.3. The lowest BCUT2D eigenvalue weighted by Crippen LogP contribution is -2.43. The Hall–Kier alpha value is -1.28. The number of halogens is 1. The SMILES string of the molecule is CCOCCC1(CNC(=NC)NCc2ccc(N3CC=CC3)cc2)CCCC1.I. The van der Waals surface area contributed by atoms with E-state index in [9.17, 15) is 0 Å². The Labute approximate surface area is 193 Å². The third-order valence-corrected chi connectivity index (χ3v) is 6.08. The molecule has 1 aliphatic heterocycles. The highest BCUT2D eigenvalue weighted by Crippen LogP contribution is 2.40.